The fourth-order valence-corrected chi connectivity index (χ4v) is 1.64. The van der Waals surface area contributed by atoms with Crippen LogP contribution in [-0.4, -0.2) is 9.55 Å². The molecule has 0 amide bonds. The zero-order chi connectivity index (χ0) is 13.0. The van der Waals surface area contributed by atoms with Crippen molar-refractivity contribution in [2.24, 2.45) is 0 Å². The molecule has 2 rings (SSSR count). The van der Waals surface area contributed by atoms with E-state index >= 15 is 0 Å². The molecule has 5 heteroatoms. The van der Waals surface area contributed by atoms with Crippen LogP contribution in [0.1, 0.15) is 12.5 Å². The van der Waals surface area contributed by atoms with Crippen LogP contribution in [0.3, 0.4) is 0 Å². The molecule has 0 saturated carbocycles. The number of benzene rings is 1. The first-order chi connectivity index (χ1) is 8.72. The summed E-state index contributed by atoms with van der Waals surface area (Å²) < 4.78 is 14.9. The van der Waals surface area contributed by atoms with Gasteiger partial charge in [-0.25, -0.2) is 9.37 Å². The van der Waals surface area contributed by atoms with Gasteiger partial charge >= 0.3 is 0 Å². The first-order valence-electron chi connectivity index (χ1n) is 5.75. The molecular formula is C13H14FN3O. The Kier molecular flexibility index (Phi) is 3.72. The van der Waals surface area contributed by atoms with E-state index in [1.807, 2.05) is 6.92 Å². The molecule has 0 aliphatic carbocycles. The number of aryl methyl sites for hydroxylation is 1. The van der Waals surface area contributed by atoms with Crippen molar-refractivity contribution in [1.29, 1.82) is 0 Å². The number of nitrogens with one attached hydrogen (secondary N) is 1. The van der Waals surface area contributed by atoms with Gasteiger partial charge in [0.25, 0.3) is 5.56 Å². The van der Waals surface area contributed by atoms with E-state index in [9.17, 15) is 9.18 Å². The van der Waals surface area contributed by atoms with Gasteiger partial charge in [0, 0.05) is 31.0 Å². The lowest BCUT2D eigenvalue weighted by Crippen LogP contribution is -2.23. The zero-order valence-corrected chi connectivity index (χ0v) is 10.1. The number of hydrogen-bond donors (Lipinski definition) is 1. The minimum atomic E-state index is -0.295. The predicted molar refractivity (Wildman–Crippen MR) is 67.9 cm³/mol. The van der Waals surface area contributed by atoms with Gasteiger partial charge < -0.3 is 9.88 Å². The Labute approximate surface area is 104 Å². The molecule has 0 bridgehead atoms. The third-order valence-corrected chi connectivity index (χ3v) is 2.66. The molecule has 1 heterocycles. The highest BCUT2D eigenvalue weighted by Gasteiger charge is 2.05. The molecular weight excluding hydrogens is 233 g/mol. The Bertz CT molecular complexity index is 595. The molecule has 2 aromatic rings. The van der Waals surface area contributed by atoms with Crippen molar-refractivity contribution in [1.82, 2.24) is 9.55 Å². The molecule has 0 unspecified atom stereocenters. The number of aromatic nitrogens is 2. The van der Waals surface area contributed by atoms with Gasteiger partial charge in [-0.1, -0.05) is 18.2 Å². The van der Waals surface area contributed by atoms with Gasteiger partial charge in [0.15, 0.2) is 5.82 Å². The van der Waals surface area contributed by atoms with E-state index in [2.05, 4.69) is 10.3 Å². The van der Waals surface area contributed by atoms with Gasteiger partial charge in [0.1, 0.15) is 5.82 Å². The second kappa shape index (κ2) is 5.44. The van der Waals surface area contributed by atoms with Crippen LogP contribution in [0.2, 0.25) is 0 Å². The molecule has 0 radical (unpaired) electrons. The second-order valence-corrected chi connectivity index (χ2v) is 3.81. The average Bonchev–Trinajstić information content (AvgIpc) is 2.39. The topological polar surface area (TPSA) is 46.9 Å². The Morgan fingerprint density at radius 2 is 2.17 bits per heavy atom. The minimum Gasteiger partial charge on any atom is -0.361 e. The standard InChI is InChI=1S/C13H14FN3O/c1-2-17-8-7-15-12(13(17)18)16-9-10-5-3-4-6-11(10)14/h3-8H,2,9H2,1H3,(H,15,16). The van der Waals surface area contributed by atoms with Gasteiger partial charge in [-0.05, 0) is 13.0 Å². The van der Waals surface area contributed by atoms with Gasteiger partial charge in [0.2, 0.25) is 0 Å². The lowest BCUT2D eigenvalue weighted by Gasteiger charge is -2.07. The quantitative estimate of drug-likeness (QED) is 0.899. The van der Waals surface area contributed by atoms with Crippen molar-refractivity contribution >= 4 is 5.82 Å². The van der Waals surface area contributed by atoms with Crippen LogP contribution in [0, 0.1) is 5.82 Å². The van der Waals surface area contributed by atoms with Crippen LogP contribution < -0.4 is 10.9 Å². The number of nitrogens with zero attached hydrogens (tertiary/aromatic N) is 2. The Hall–Kier alpha value is -2.17. The maximum absolute atomic E-state index is 13.4. The van der Waals surface area contributed by atoms with E-state index in [0.29, 0.717) is 12.1 Å². The summed E-state index contributed by atoms with van der Waals surface area (Å²) in [4.78, 5) is 15.8. The molecule has 4 nitrogen and oxygen atoms in total. The third-order valence-electron chi connectivity index (χ3n) is 2.66. The van der Waals surface area contributed by atoms with Crippen molar-refractivity contribution < 1.29 is 4.39 Å². The molecule has 0 aliphatic rings. The minimum absolute atomic E-state index is 0.198. The maximum Gasteiger partial charge on any atom is 0.293 e. The SMILES string of the molecule is CCn1ccnc(NCc2ccccc2F)c1=O. The molecule has 18 heavy (non-hydrogen) atoms. The molecule has 0 saturated heterocycles. The van der Waals surface area contributed by atoms with Gasteiger partial charge in [-0.15, -0.1) is 0 Å². The second-order valence-electron chi connectivity index (χ2n) is 3.81. The summed E-state index contributed by atoms with van der Waals surface area (Å²) in [6.07, 6.45) is 3.17. The van der Waals surface area contributed by atoms with E-state index in [-0.39, 0.29) is 23.7 Å². The van der Waals surface area contributed by atoms with Gasteiger partial charge in [-0.2, -0.15) is 0 Å². The smallest absolute Gasteiger partial charge is 0.293 e. The molecule has 1 aromatic carbocycles. The summed E-state index contributed by atoms with van der Waals surface area (Å²) in [7, 11) is 0. The van der Waals surface area contributed by atoms with E-state index in [1.54, 1.807) is 30.6 Å². The van der Waals surface area contributed by atoms with Crippen molar-refractivity contribution in [2.45, 2.75) is 20.0 Å². The molecule has 0 atom stereocenters. The number of rotatable bonds is 4. The van der Waals surface area contributed by atoms with Crippen molar-refractivity contribution in [2.75, 3.05) is 5.32 Å². The Morgan fingerprint density at radius 3 is 2.89 bits per heavy atom. The number of halogens is 1. The summed E-state index contributed by atoms with van der Waals surface area (Å²) >= 11 is 0. The van der Waals surface area contributed by atoms with Gasteiger partial charge in [-0.3, -0.25) is 4.79 Å². The van der Waals surface area contributed by atoms with Crippen molar-refractivity contribution in [3.05, 3.63) is 58.4 Å². The lowest BCUT2D eigenvalue weighted by molar-refractivity contribution is 0.612. The van der Waals surface area contributed by atoms with E-state index < -0.39 is 0 Å². The molecule has 1 aromatic heterocycles. The molecule has 1 N–H and O–H groups in total. The Morgan fingerprint density at radius 1 is 1.39 bits per heavy atom. The summed E-state index contributed by atoms with van der Waals surface area (Å²) in [5.74, 6) is -0.0562. The fourth-order valence-electron chi connectivity index (χ4n) is 1.64. The molecule has 0 aliphatic heterocycles. The average molecular weight is 247 g/mol. The van der Waals surface area contributed by atoms with Crippen LogP contribution in [0.5, 0.6) is 0 Å². The highest BCUT2D eigenvalue weighted by Crippen LogP contribution is 2.07. The summed E-state index contributed by atoms with van der Waals surface area (Å²) in [5.41, 5.74) is 0.307. The first kappa shape index (κ1) is 12.3. The molecule has 0 spiro atoms. The van der Waals surface area contributed by atoms with Crippen LogP contribution >= 0.6 is 0 Å². The van der Waals surface area contributed by atoms with E-state index in [1.165, 1.54) is 10.6 Å². The summed E-state index contributed by atoms with van der Waals surface area (Å²) in [5, 5.41) is 2.86. The predicted octanol–water partition coefficient (Wildman–Crippen LogP) is 2.01. The highest BCUT2D eigenvalue weighted by molar-refractivity contribution is 5.33. The highest BCUT2D eigenvalue weighted by atomic mass is 19.1. The fraction of sp³-hybridized carbons (Fsp3) is 0.231. The molecule has 94 valence electrons. The normalized spacial score (nSPS) is 10.3. The van der Waals surface area contributed by atoms with Crippen LogP contribution in [0.4, 0.5) is 10.2 Å². The summed E-state index contributed by atoms with van der Waals surface area (Å²) in [6.45, 7) is 2.69. The van der Waals surface area contributed by atoms with E-state index in [0.717, 1.165) is 0 Å². The number of anilines is 1. The largest absolute Gasteiger partial charge is 0.361 e. The van der Waals surface area contributed by atoms with Crippen LogP contribution in [-0.2, 0) is 13.1 Å². The molecule has 0 fully saturated rings. The van der Waals surface area contributed by atoms with Crippen LogP contribution in [0.25, 0.3) is 0 Å². The van der Waals surface area contributed by atoms with Gasteiger partial charge in [0.05, 0.1) is 0 Å². The van der Waals surface area contributed by atoms with Crippen LogP contribution in [0.15, 0.2) is 41.5 Å². The monoisotopic (exact) mass is 247 g/mol. The number of hydrogen-bond acceptors (Lipinski definition) is 3. The van der Waals surface area contributed by atoms with E-state index in [4.69, 9.17) is 0 Å². The van der Waals surface area contributed by atoms with Crippen molar-refractivity contribution in [3.63, 3.8) is 0 Å². The third kappa shape index (κ3) is 2.56. The first-order valence-corrected chi connectivity index (χ1v) is 5.75. The van der Waals surface area contributed by atoms with Crippen molar-refractivity contribution in [3.8, 4) is 0 Å². The summed E-state index contributed by atoms with van der Waals surface area (Å²) in [6, 6.07) is 6.44. The zero-order valence-electron chi connectivity index (χ0n) is 10.1. The maximum atomic E-state index is 13.4. The Balaban J connectivity index is 2.16. The lowest BCUT2D eigenvalue weighted by atomic mass is 10.2.